The van der Waals surface area contributed by atoms with Crippen LogP contribution in [0.4, 0.5) is 0 Å². The minimum Gasteiger partial charge on any atom is -0.497 e. The van der Waals surface area contributed by atoms with Crippen LogP contribution >= 0.6 is 12.4 Å². The molecule has 2 aliphatic rings. The third kappa shape index (κ3) is 5.11. The molecule has 4 rings (SSSR count). The van der Waals surface area contributed by atoms with Crippen molar-refractivity contribution in [1.29, 1.82) is 0 Å². The molecule has 5 nitrogen and oxygen atoms in total. The van der Waals surface area contributed by atoms with Crippen LogP contribution in [0.15, 0.2) is 48.2 Å². The molecule has 0 spiro atoms. The van der Waals surface area contributed by atoms with Gasteiger partial charge >= 0.3 is 0 Å². The van der Waals surface area contributed by atoms with Gasteiger partial charge in [0.05, 0.1) is 19.3 Å². The van der Waals surface area contributed by atoms with E-state index in [1.807, 2.05) is 30.3 Å². The zero-order chi connectivity index (χ0) is 19.3. The van der Waals surface area contributed by atoms with Crippen LogP contribution in [0.5, 0.6) is 17.2 Å². The normalized spacial score (nSPS) is 17.0. The second kappa shape index (κ2) is 9.81. The molecule has 2 heterocycles. The lowest BCUT2D eigenvalue weighted by Gasteiger charge is -2.14. The Kier molecular flexibility index (Phi) is 7.18. The molecule has 6 heteroatoms. The molecular weight excluding hydrogens is 390 g/mol. The predicted octanol–water partition coefficient (Wildman–Crippen LogP) is 4.60. The number of allylic oxidation sites excluding steroid dienone is 1. The summed E-state index contributed by atoms with van der Waals surface area (Å²) in [6.07, 6.45) is 5.37. The van der Waals surface area contributed by atoms with Gasteiger partial charge in [-0.25, -0.2) is 0 Å². The molecule has 2 aromatic rings. The standard InChI is InChI=1S/C23H25NO4.ClH/c1-26-18-7-5-17(6-8-18)15-22-23(25)20-10-9-19(16-21(20)28-22)27-14-4-13-24-11-2-3-12-24;/h5-10,15-16H,2-4,11-14H2,1H3;1H/b22-15-;. The SMILES string of the molecule is COc1ccc(/C=C2\Oc3cc(OCCCN4CCCC4)ccc3C2=O)cc1.Cl. The number of hydrogen-bond acceptors (Lipinski definition) is 5. The van der Waals surface area contributed by atoms with Crippen LogP contribution in [-0.2, 0) is 0 Å². The average molecular weight is 416 g/mol. The van der Waals surface area contributed by atoms with Gasteiger partial charge < -0.3 is 19.1 Å². The highest BCUT2D eigenvalue weighted by Gasteiger charge is 2.27. The molecule has 0 saturated carbocycles. The molecule has 2 aliphatic heterocycles. The fraction of sp³-hybridized carbons (Fsp3) is 0.348. The lowest BCUT2D eigenvalue weighted by Crippen LogP contribution is -2.21. The number of ether oxygens (including phenoxy) is 3. The second-order valence-electron chi connectivity index (χ2n) is 7.12. The van der Waals surface area contributed by atoms with Crippen LogP contribution in [0.25, 0.3) is 6.08 Å². The number of ketones is 1. The minimum absolute atomic E-state index is 0. The summed E-state index contributed by atoms with van der Waals surface area (Å²) in [6, 6.07) is 12.9. The quantitative estimate of drug-likeness (QED) is 0.488. The first-order valence-electron chi connectivity index (χ1n) is 9.80. The zero-order valence-electron chi connectivity index (χ0n) is 16.6. The third-order valence-corrected chi connectivity index (χ3v) is 5.14. The maximum absolute atomic E-state index is 12.6. The topological polar surface area (TPSA) is 48.0 Å². The van der Waals surface area contributed by atoms with Gasteiger partial charge in [0.25, 0.3) is 0 Å². The highest BCUT2D eigenvalue weighted by atomic mass is 35.5. The monoisotopic (exact) mass is 415 g/mol. The van der Waals surface area contributed by atoms with Gasteiger partial charge in [0, 0.05) is 12.6 Å². The molecule has 0 atom stereocenters. The lowest BCUT2D eigenvalue weighted by molar-refractivity contribution is 0.101. The molecule has 1 saturated heterocycles. The van der Waals surface area contributed by atoms with E-state index in [0.717, 1.165) is 30.0 Å². The number of methoxy groups -OCH3 is 1. The van der Waals surface area contributed by atoms with Crippen LogP contribution in [0.1, 0.15) is 35.2 Å². The molecular formula is C23H26ClNO4. The van der Waals surface area contributed by atoms with Crippen LogP contribution in [0.3, 0.4) is 0 Å². The molecule has 0 amide bonds. The van der Waals surface area contributed by atoms with Crippen molar-refractivity contribution < 1.29 is 19.0 Å². The summed E-state index contributed by atoms with van der Waals surface area (Å²) in [6.45, 7) is 4.16. The number of rotatable bonds is 7. The van der Waals surface area contributed by atoms with E-state index >= 15 is 0 Å². The number of likely N-dealkylation sites (tertiary alicyclic amines) is 1. The summed E-state index contributed by atoms with van der Waals surface area (Å²) >= 11 is 0. The van der Waals surface area contributed by atoms with Crippen molar-refractivity contribution in [3.63, 3.8) is 0 Å². The van der Waals surface area contributed by atoms with E-state index in [9.17, 15) is 4.79 Å². The number of carbonyl (C=O) groups is 1. The average Bonchev–Trinajstić information content (AvgIpc) is 3.34. The Morgan fingerprint density at radius 2 is 1.79 bits per heavy atom. The van der Waals surface area contributed by atoms with E-state index in [0.29, 0.717) is 23.7 Å². The smallest absolute Gasteiger partial charge is 0.231 e. The van der Waals surface area contributed by atoms with Crippen LogP contribution in [0.2, 0.25) is 0 Å². The summed E-state index contributed by atoms with van der Waals surface area (Å²) in [5, 5.41) is 0. The molecule has 2 aromatic carbocycles. The number of carbonyl (C=O) groups excluding carboxylic acids is 1. The molecule has 0 unspecified atom stereocenters. The Balaban J connectivity index is 0.00000240. The van der Waals surface area contributed by atoms with Gasteiger partial charge in [-0.05, 0) is 68.3 Å². The number of nitrogens with zero attached hydrogens (tertiary/aromatic N) is 1. The van der Waals surface area contributed by atoms with Crippen LogP contribution in [-0.4, -0.2) is 44.0 Å². The number of halogens is 1. The maximum atomic E-state index is 12.6. The molecule has 0 radical (unpaired) electrons. The molecule has 0 aromatic heterocycles. The van der Waals surface area contributed by atoms with Gasteiger partial charge in [-0.1, -0.05) is 12.1 Å². The second-order valence-corrected chi connectivity index (χ2v) is 7.12. The largest absolute Gasteiger partial charge is 0.497 e. The Labute approximate surface area is 177 Å². The molecule has 0 bridgehead atoms. The van der Waals surface area contributed by atoms with E-state index in [1.165, 1.54) is 25.9 Å². The highest BCUT2D eigenvalue weighted by molar-refractivity contribution is 6.14. The van der Waals surface area contributed by atoms with Crippen molar-refractivity contribution in [1.82, 2.24) is 4.90 Å². The zero-order valence-corrected chi connectivity index (χ0v) is 17.4. The van der Waals surface area contributed by atoms with E-state index in [4.69, 9.17) is 14.2 Å². The van der Waals surface area contributed by atoms with Crippen LogP contribution < -0.4 is 14.2 Å². The van der Waals surface area contributed by atoms with Crippen LogP contribution in [0, 0.1) is 0 Å². The molecule has 29 heavy (non-hydrogen) atoms. The Morgan fingerprint density at radius 1 is 1.07 bits per heavy atom. The number of hydrogen-bond donors (Lipinski definition) is 0. The van der Waals surface area contributed by atoms with E-state index in [-0.39, 0.29) is 18.2 Å². The summed E-state index contributed by atoms with van der Waals surface area (Å²) < 4.78 is 16.8. The van der Waals surface area contributed by atoms with Crippen molar-refractivity contribution in [3.8, 4) is 17.2 Å². The number of Topliss-reactive ketones (excluding diaryl/α,β-unsaturated/α-hetero) is 1. The van der Waals surface area contributed by atoms with Crippen molar-refractivity contribution in [2.75, 3.05) is 33.4 Å². The Hall–Kier alpha value is -2.50. The Morgan fingerprint density at radius 3 is 2.52 bits per heavy atom. The third-order valence-electron chi connectivity index (χ3n) is 5.14. The van der Waals surface area contributed by atoms with Crippen molar-refractivity contribution in [2.45, 2.75) is 19.3 Å². The summed E-state index contributed by atoms with van der Waals surface area (Å²) in [5.74, 6) is 2.29. The molecule has 0 aliphatic carbocycles. The number of fused-ring (bicyclic) bond motifs is 1. The van der Waals surface area contributed by atoms with Crippen molar-refractivity contribution >= 4 is 24.3 Å². The molecule has 154 valence electrons. The van der Waals surface area contributed by atoms with Crippen molar-refractivity contribution in [3.05, 3.63) is 59.4 Å². The molecule has 0 N–H and O–H groups in total. The van der Waals surface area contributed by atoms with Gasteiger partial charge in [0.15, 0.2) is 5.76 Å². The van der Waals surface area contributed by atoms with E-state index in [1.54, 1.807) is 25.3 Å². The highest BCUT2D eigenvalue weighted by Crippen LogP contribution is 2.35. The van der Waals surface area contributed by atoms with Gasteiger partial charge in [0.1, 0.15) is 17.2 Å². The fourth-order valence-electron chi connectivity index (χ4n) is 3.59. The Bertz CT molecular complexity index is 873. The fourth-order valence-corrected chi connectivity index (χ4v) is 3.59. The van der Waals surface area contributed by atoms with E-state index in [2.05, 4.69) is 4.90 Å². The first-order chi connectivity index (χ1) is 13.7. The van der Waals surface area contributed by atoms with E-state index < -0.39 is 0 Å². The van der Waals surface area contributed by atoms with Gasteiger partial charge in [-0.2, -0.15) is 0 Å². The summed E-state index contributed by atoms with van der Waals surface area (Å²) in [7, 11) is 1.62. The van der Waals surface area contributed by atoms with Gasteiger partial charge in [-0.3, -0.25) is 4.79 Å². The number of benzene rings is 2. The summed E-state index contributed by atoms with van der Waals surface area (Å²) in [5.41, 5.74) is 1.46. The van der Waals surface area contributed by atoms with Gasteiger partial charge in [-0.15, -0.1) is 12.4 Å². The first-order valence-corrected chi connectivity index (χ1v) is 9.80. The molecule has 1 fully saturated rings. The first kappa shape index (κ1) is 21.2. The predicted molar refractivity (Wildman–Crippen MR) is 115 cm³/mol. The van der Waals surface area contributed by atoms with Gasteiger partial charge in [0.2, 0.25) is 5.78 Å². The minimum atomic E-state index is -0.105. The summed E-state index contributed by atoms with van der Waals surface area (Å²) in [4.78, 5) is 15.1. The maximum Gasteiger partial charge on any atom is 0.231 e. The van der Waals surface area contributed by atoms with Crippen molar-refractivity contribution in [2.24, 2.45) is 0 Å². The lowest BCUT2D eigenvalue weighted by atomic mass is 10.1.